The fourth-order valence-electron chi connectivity index (χ4n) is 3.65. The first-order valence-corrected chi connectivity index (χ1v) is 6.77. The van der Waals surface area contributed by atoms with Crippen LogP contribution in [-0.2, 0) is 0 Å². The predicted octanol–water partition coefficient (Wildman–Crippen LogP) is 3.68. The molecule has 0 unspecified atom stereocenters. The van der Waals surface area contributed by atoms with E-state index in [1.165, 1.54) is 28.7 Å². The molecule has 0 aromatic heterocycles. The SMILES string of the molecule is NC1(C2c3ccccc3-c3ccccc32)CCC1. The van der Waals surface area contributed by atoms with Crippen LogP contribution in [0.25, 0.3) is 11.1 Å². The number of fused-ring (bicyclic) bond motifs is 3. The minimum Gasteiger partial charge on any atom is -0.324 e. The Kier molecular flexibility index (Phi) is 1.98. The van der Waals surface area contributed by atoms with Crippen molar-refractivity contribution in [3.05, 3.63) is 59.7 Å². The lowest BCUT2D eigenvalue weighted by atomic mass is 9.65. The van der Waals surface area contributed by atoms with E-state index < -0.39 is 0 Å². The van der Waals surface area contributed by atoms with E-state index in [2.05, 4.69) is 48.5 Å². The molecule has 2 aliphatic rings. The molecule has 1 saturated carbocycles. The Morgan fingerprint density at radius 3 is 1.78 bits per heavy atom. The molecule has 1 nitrogen and oxygen atoms in total. The summed E-state index contributed by atoms with van der Waals surface area (Å²) in [6.45, 7) is 0. The molecule has 0 atom stereocenters. The molecule has 2 aromatic carbocycles. The van der Waals surface area contributed by atoms with Gasteiger partial charge in [-0.15, -0.1) is 0 Å². The van der Waals surface area contributed by atoms with Crippen LogP contribution in [0.2, 0.25) is 0 Å². The molecule has 0 amide bonds. The van der Waals surface area contributed by atoms with Crippen LogP contribution >= 0.6 is 0 Å². The molecule has 90 valence electrons. The summed E-state index contributed by atoms with van der Waals surface area (Å²) in [5, 5.41) is 0. The molecule has 0 spiro atoms. The highest BCUT2D eigenvalue weighted by atomic mass is 14.8. The maximum atomic E-state index is 6.64. The minimum atomic E-state index is -0.0112. The average molecular weight is 235 g/mol. The van der Waals surface area contributed by atoms with Gasteiger partial charge in [-0.05, 0) is 41.5 Å². The van der Waals surface area contributed by atoms with Gasteiger partial charge in [-0.1, -0.05) is 48.5 Å². The quantitative estimate of drug-likeness (QED) is 0.801. The Morgan fingerprint density at radius 1 is 0.833 bits per heavy atom. The molecular weight excluding hydrogens is 218 g/mol. The molecule has 2 N–H and O–H groups in total. The number of rotatable bonds is 1. The number of benzene rings is 2. The molecule has 2 aliphatic carbocycles. The van der Waals surface area contributed by atoms with Gasteiger partial charge in [-0.3, -0.25) is 0 Å². The van der Waals surface area contributed by atoms with Crippen LogP contribution in [0.15, 0.2) is 48.5 Å². The topological polar surface area (TPSA) is 26.0 Å². The van der Waals surface area contributed by atoms with Gasteiger partial charge in [0.15, 0.2) is 0 Å². The summed E-state index contributed by atoms with van der Waals surface area (Å²) >= 11 is 0. The smallest absolute Gasteiger partial charge is 0.0282 e. The first-order valence-electron chi connectivity index (χ1n) is 6.77. The lowest BCUT2D eigenvalue weighted by Crippen LogP contribution is -2.51. The molecule has 0 heterocycles. The Balaban J connectivity index is 1.98. The van der Waals surface area contributed by atoms with Crippen LogP contribution in [0.4, 0.5) is 0 Å². The molecule has 1 heteroatoms. The highest BCUT2D eigenvalue weighted by Gasteiger charge is 2.46. The summed E-state index contributed by atoms with van der Waals surface area (Å²) in [6, 6.07) is 17.5. The van der Waals surface area contributed by atoms with Crippen molar-refractivity contribution in [2.45, 2.75) is 30.7 Å². The van der Waals surface area contributed by atoms with Gasteiger partial charge in [-0.2, -0.15) is 0 Å². The minimum absolute atomic E-state index is 0.0112. The first kappa shape index (κ1) is 10.3. The third-order valence-electron chi connectivity index (χ3n) is 4.69. The second kappa shape index (κ2) is 3.46. The summed E-state index contributed by atoms with van der Waals surface area (Å²) in [7, 11) is 0. The van der Waals surface area contributed by atoms with Crippen LogP contribution in [0, 0.1) is 0 Å². The summed E-state index contributed by atoms with van der Waals surface area (Å²) < 4.78 is 0. The van der Waals surface area contributed by atoms with Crippen molar-refractivity contribution in [1.29, 1.82) is 0 Å². The number of hydrogen-bond donors (Lipinski definition) is 1. The van der Waals surface area contributed by atoms with Gasteiger partial charge in [0.25, 0.3) is 0 Å². The van der Waals surface area contributed by atoms with Crippen LogP contribution in [0.5, 0.6) is 0 Å². The third kappa shape index (κ3) is 1.20. The van der Waals surface area contributed by atoms with Gasteiger partial charge in [0.2, 0.25) is 0 Å². The van der Waals surface area contributed by atoms with Gasteiger partial charge in [-0.25, -0.2) is 0 Å². The van der Waals surface area contributed by atoms with E-state index >= 15 is 0 Å². The van der Waals surface area contributed by atoms with Crippen LogP contribution in [-0.4, -0.2) is 5.54 Å². The molecule has 0 bridgehead atoms. The van der Waals surface area contributed by atoms with E-state index in [1.54, 1.807) is 0 Å². The fraction of sp³-hybridized carbons (Fsp3) is 0.294. The third-order valence-corrected chi connectivity index (χ3v) is 4.69. The standard InChI is InChI=1S/C17H17N/c18-17(10-5-11-17)16-14-8-3-1-6-12(14)13-7-2-4-9-15(13)16/h1-4,6-9,16H,5,10-11,18H2. The van der Waals surface area contributed by atoms with E-state index in [-0.39, 0.29) is 5.54 Å². The maximum Gasteiger partial charge on any atom is 0.0282 e. The molecule has 1 fully saturated rings. The fourth-order valence-corrected chi connectivity index (χ4v) is 3.65. The second-order valence-corrected chi connectivity index (χ2v) is 5.69. The molecule has 18 heavy (non-hydrogen) atoms. The lowest BCUT2D eigenvalue weighted by Gasteiger charge is -2.44. The van der Waals surface area contributed by atoms with Crippen LogP contribution < -0.4 is 5.73 Å². The monoisotopic (exact) mass is 235 g/mol. The van der Waals surface area contributed by atoms with Crippen molar-refractivity contribution >= 4 is 0 Å². The molecular formula is C17H17N. The van der Waals surface area contributed by atoms with E-state index in [0.717, 1.165) is 12.8 Å². The van der Waals surface area contributed by atoms with Gasteiger partial charge in [0, 0.05) is 11.5 Å². The molecule has 0 aliphatic heterocycles. The Morgan fingerprint density at radius 2 is 1.33 bits per heavy atom. The van der Waals surface area contributed by atoms with Gasteiger partial charge in [0.05, 0.1) is 0 Å². The van der Waals surface area contributed by atoms with Crippen LogP contribution in [0.3, 0.4) is 0 Å². The highest BCUT2D eigenvalue weighted by molar-refractivity contribution is 5.79. The summed E-state index contributed by atoms with van der Waals surface area (Å²) in [6.07, 6.45) is 3.58. The van der Waals surface area contributed by atoms with Crippen molar-refractivity contribution in [1.82, 2.24) is 0 Å². The molecule has 4 rings (SSSR count). The van der Waals surface area contributed by atoms with Gasteiger partial charge < -0.3 is 5.73 Å². The largest absolute Gasteiger partial charge is 0.324 e. The van der Waals surface area contributed by atoms with Gasteiger partial charge >= 0.3 is 0 Å². The van der Waals surface area contributed by atoms with E-state index in [0.29, 0.717) is 5.92 Å². The van der Waals surface area contributed by atoms with Crippen LogP contribution in [0.1, 0.15) is 36.3 Å². The van der Waals surface area contributed by atoms with Crippen molar-refractivity contribution in [3.63, 3.8) is 0 Å². The van der Waals surface area contributed by atoms with Crippen molar-refractivity contribution < 1.29 is 0 Å². The maximum absolute atomic E-state index is 6.64. The number of hydrogen-bond acceptors (Lipinski definition) is 1. The molecule has 0 saturated heterocycles. The Bertz CT molecular complexity index is 565. The van der Waals surface area contributed by atoms with Crippen molar-refractivity contribution in [3.8, 4) is 11.1 Å². The zero-order valence-electron chi connectivity index (χ0n) is 10.4. The lowest BCUT2D eigenvalue weighted by molar-refractivity contribution is 0.222. The van der Waals surface area contributed by atoms with E-state index in [1.807, 2.05) is 0 Å². The van der Waals surface area contributed by atoms with Gasteiger partial charge in [0.1, 0.15) is 0 Å². The zero-order valence-corrected chi connectivity index (χ0v) is 10.4. The second-order valence-electron chi connectivity index (χ2n) is 5.69. The average Bonchev–Trinajstić information content (AvgIpc) is 2.71. The zero-order chi connectivity index (χ0) is 12.2. The number of nitrogens with two attached hydrogens (primary N) is 1. The normalized spacial score (nSPS) is 20.1. The molecule has 2 aromatic rings. The Hall–Kier alpha value is -1.60. The predicted molar refractivity (Wildman–Crippen MR) is 74.5 cm³/mol. The summed E-state index contributed by atoms with van der Waals surface area (Å²) in [5.74, 6) is 0.402. The summed E-state index contributed by atoms with van der Waals surface area (Å²) in [4.78, 5) is 0. The van der Waals surface area contributed by atoms with Crippen molar-refractivity contribution in [2.24, 2.45) is 5.73 Å². The molecule has 0 radical (unpaired) electrons. The van der Waals surface area contributed by atoms with E-state index in [9.17, 15) is 0 Å². The first-order chi connectivity index (χ1) is 8.80. The van der Waals surface area contributed by atoms with E-state index in [4.69, 9.17) is 5.73 Å². The Labute approximate surface area is 108 Å². The summed E-state index contributed by atoms with van der Waals surface area (Å²) in [5.41, 5.74) is 12.3. The van der Waals surface area contributed by atoms with Crippen molar-refractivity contribution in [2.75, 3.05) is 0 Å². The highest BCUT2D eigenvalue weighted by Crippen LogP contribution is 2.53.